The molecule has 0 fully saturated rings. The van der Waals surface area contributed by atoms with E-state index in [1.165, 1.54) is 5.56 Å². The minimum absolute atomic E-state index is 0.00583. The van der Waals surface area contributed by atoms with Crippen molar-refractivity contribution in [2.24, 2.45) is 0 Å². The van der Waals surface area contributed by atoms with Gasteiger partial charge in [-0.15, -0.1) is 0 Å². The van der Waals surface area contributed by atoms with Gasteiger partial charge in [-0.25, -0.2) is 0 Å². The number of ketones is 1. The predicted octanol–water partition coefficient (Wildman–Crippen LogP) is 4.39. The number of hydrogen-bond donors (Lipinski definition) is 0. The van der Waals surface area contributed by atoms with Crippen molar-refractivity contribution in [1.29, 1.82) is 0 Å². The van der Waals surface area contributed by atoms with Gasteiger partial charge < -0.3 is 9.32 Å². The number of furan rings is 1. The summed E-state index contributed by atoms with van der Waals surface area (Å²) in [6, 6.07) is 10.1. The quantitative estimate of drug-likeness (QED) is 0.609. The van der Waals surface area contributed by atoms with Crippen LogP contribution in [-0.4, -0.2) is 23.3 Å². The smallest absolute Gasteiger partial charge is 0.191 e. The largest absolute Gasteiger partial charge is 0.466 e. The van der Waals surface area contributed by atoms with E-state index in [4.69, 9.17) is 4.42 Å². The first-order valence-corrected chi connectivity index (χ1v) is 7.95. The lowest BCUT2D eigenvalue weighted by Gasteiger charge is -2.44. The molecular formula is C20H23NO2. The highest BCUT2D eigenvalue weighted by Gasteiger charge is 2.33. The van der Waals surface area contributed by atoms with Crippen LogP contribution in [0.4, 0.5) is 0 Å². The van der Waals surface area contributed by atoms with Crippen molar-refractivity contribution in [2.45, 2.75) is 39.7 Å². The van der Waals surface area contributed by atoms with Crippen molar-refractivity contribution in [2.75, 3.05) is 7.05 Å². The Bertz CT molecular complexity index is 796. The van der Waals surface area contributed by atoms with Gasteiger partial charge in [-0.3, -0.25) is 4.79 Å². The summed E-state index contributed by atoms with van der Waals surface area (Å²) in [7, 11) is 2.06. The maximum Gasteiger partial charge on any atom is 0.191 e. The number of fused-ring (bicyclic) bond motifs is 1. The van der Waals surface area contributed by atoms with Crippen LogP contribution >= 0.6 is 0 Å². The Kier molecular flexibility index (Phi) is 3.67. The molecule has 0 unspecified atom stereocenters. The maximum absolute atomic E-state index is 12.8. The van der Waals surface area contributed by atoms with Crippen LogP contribution in [0, 0.1) is 13.8 Å². The van der Waals surface area contributed by atoms with Gasteiger partial charge in [0.25, 0.3) is 0 Å². The van der Waals surface area contributed by atoms with Gasteiger partial charge in [0.2, 0.25) is 0 Å². The van der Waals surface area contributed by atoms with Crippen molar-refractivity contribution in [3.63, 3.8) is 0 Å². The van der Waals surface area contributed by atoms with Crippen LogP contribution in [0.3, 0.4) is 0 Å². The van der Waals surface area contributed by atoms with E-state index in [0.29, 0.717) is 11.3 Å². The molecule has 0 atom stereocenters. The zero-order valence-electron chi connectivity index (χ0n) is 14.4. The first kappa shape index (κ1) is 15.6. The minimum Gasteiger partial charge on any atom is -0.466 e. The second-order valence-electron chi connectivity index (χ2n) is 6.93. The second kappa shape index (κ2) is 5.41. The number of allylic oxidation sites excluding steroid dienone is 1. The van der Waals surface area contributed by atoms with E-state index < -0.39 is 0 Å². The molecule has 3 rings (SSSR count). The highest BCUT2D eigenvalue weighted by Crippen LogP contribution is 2.36. The molecular weight excluding hydrogens is 286 g/mol. The molecule has 1 aliphatic rings. The molecule has 1 aliphatic heterocycles. The van der Waals surface area contributed by atoms with Crippen molar-refractivity contribution in [1.82, 2.24) is 4.90 Å². The van der Waals surface area contributed by atoms with Gasteiger partial charge >= 0.3 is 0 Å². The van der Waals surface area contributed by atoms with Crippen LogP contribution < -0.4 is 0 Å². The number of carbonyl (C=O) groups excluding carboxylic acids is 1. The molecule has 0 bridgehead atoms. The van der Waals surface area contributed by atoms with Gasteiger partial charge in [0.05, 0.1) is 5.56 Å². The third-order valence-corrected chi connectivity index (χ3v) is 4.76. The van der Waals surface area contributed by atoms with Gasteiger partial charge in [0.15, 0.2) is 5.78 Å². The van der Waals surface area contributed by atoms with Gasteiger partial charge in [0, 0.05) is 29.9 Å². The molecule has 120 valence electrons. The van der Waals surface area contributed by atoms with Crippen molar-refractivity contribution in [3.8, 4) is 0 Å². The van der Waals surface area contributed by atoms with Crippen LogP contribution in [0.5, 0.6) is 0 Å². The highest BCUT2D eigenvalue weighted by atomic mass is 16.3. The molecule has 2 aromatic rings. The molecule has 0 radical (unpaired) electrons. The summed E-state index contributed by atoms with van der Waals surface area (Å²) in [6.07, 6.45) is 2.71. The average molecular weight is 309 g/mol. The molecule has 3 heteroatoms. The van der Waals surface area contributed by atoms with Crippen molar-refractivity contribution in [3.05, 3.63) is 64.6 Å². The number of nitrogens with zero attached hydrogens (tertiary/aromatic N) is 1. The summed E-state index contributed by atoms with van der Waals surface area (Å²) in [6.45, 7) is 8.10. The van der Waals surface area contributed by atoms with Crippen LogP contribution in [-0.2, 0) is 6.42 Å². The number of rotatable bonds is 2. The van der Waals surface area contributed by atoms with E-state index in [0.717, 1.165) is 23.4 Å². The second-order valence-corrected chi connectivity index (χ2v) is 6.93. The monoisotopic (exact) mass is 309 g/mol. The first-order chi connectivity index (χ1) is 10.8. The molecule has 0 aliphatic carbocycles. The summed E-state index contributed by atoms with van der Waals surface area (Å²) >= 11 is 0. The molecule has 23 heavy (non-hydrogen) atoms. The van der Waals surface area contributed by atoms with Crippen molar-refractivity contribution < 1.29 is 9.21 Å². The Morgan fingerprint density at radius 1 is 1.26 bits per heavy atom. The van der Waals surface area contributed by atoms with E-state index >= 15 is 0 Å². The summed E-state index contributed by atoms with van der Waals surface area (Å²) < 4.78 is 5.50. The van der Waals surface area contributed by atoms with Crippen LogP contribution in [0.1, 0.15) is 46.9 Å². The number of hydrogen-bond acceptors (Lipinski definition) is 3. The minimum atomic E-state index is -0.0260. The Morgan fingerprint density at radius 2 is 1.96 bits per heavy atom. The highest BCUT2D eigenvalue weighted by molar-refractivity contribution is 6.09. The van der Waals surface area contributed by atoms with E-state index in [9.17, 15) is 4.79 Å². The fourth-order valence-corrected chi connectivity index (χ4v) is 3.27. The average Bonchev–Trinajstić information content (AvgIpc) is 2.82. The van der Waals surface area contributed by atoms with Gasteiger partial charge in [-0.2, -0.15) is 0 Å². The van der Waals surface area contributed by atoms with E-state index in [1.54, 1.807) is 6.08 Å². The lowest BCUT2D eigenvalue weighted by Crippen LogP contribution is -2.45. The van der Waals surface area contributed by atoms with E-state index in [1.807, 2.05) is 26.0 Å². The number of carbonyl (C=O) groups is 1. The normalized spacial score (nSPS) is 18.1. The Hall–Kier alpha value is -2.29. The molecule has 0 spiro atoms. The molecule has 1 aromatic heterocycles. The number of benzene rings is 1. The standard InChI is InChI=1S/C20H23NO2/c1-13-10-17(14(2)23-13)19(22)11-18-16-9-7-6-8-15(16)12-20(3,4)21(18)5/h6-11H,12H2,1-5H3/b18-11-. The topological polar surface area (TPSA) is 33.5 Å². The third kappa shape index (κ3) is 2.72. The third-order valence-electron chi connectivity index (χ3n) is 4.76. The summed E-state index contributed by atoms with van der Waals surface area (Å²) in [5.41, 5.74) is 4.02. The van der Waals surface area contributed by atoms with Crippen LogP contribution in [0.15, 0.2) is 40.8 Å². The Labute approximate surface area is 137 Å². The summed E-state index contributed by atoms with van der Waals surface area (Å²) in [5.74, 6) is 1.44. The van der Waals surface area contributed by atoms with Gasteiger partial charge in [-0.05, 0) is 45.7 Å². The van der Waals surface area contributed by atoms with E-state index in [-0.39, 0.29) is 11.3 Å². The lowest BCUT2D eigenvalue weighted by atomic mass is 9.84. The van der Waals surface area contributed by atoms with E-state index in [2.05, 4.69) is 44.0 Å². The van der Waals surface area contributed by atoms with Crippen LogP contribution in [0.25, 0.3) is 5.70 Å². The molecule has 2 heterocycles. The van der Waals surface area contributed by atoms with Crippen LogP contribution in [0.2, 0.25) is 0 Å². The fourth-order valence-electron chi connectivity index (χ4n) is 3.27. The molecule has 0 amide bonds. The molecule has 0 N–H and O–H groups in total. The zero-order chi connectivity index (χ0) is 16.8. The first-order valence-electron chi connectivity index (χ1n) is 7.95. The molecule has 1 aromatic carbocycles. The summed E-state index contributed by atoms with van der Waals surface area (Å²) in [4.78, 5) is 15.0. The molecule has 0 saturated heterocycles. The Morgan fingerprint density at radius 3 is 2.61 bits per heavy atom. The molecule has 0 saturated carbocycles. The number of aryl methyl sites for hydroxylation is 2. The number of likely N-dealkylation sites (N-methyl/N-ethyl adjacent to an activating group) is 1. The van der Waals surface area contributed by atoms with Gasteiger partial charge in [-0.1, -0.05) is 24.3 Å². The Balaban J connectivity index is 2.10. The van der Waals surface area contributed by atoms with Gasteiger partial charge in [0.1, 0.15) is 11.5 Å². The lowest BCUT2D eigenvalue weighted by molar-refractivity contribution is 0.104. The van der Waals surface area contributed by atoms with Crippen molar-refractivity contribution >= 4 is 11.5 Å². The molecule has 3 nitrogen and oxygen atoms in total. The fraction of sp³-hybridized carbons (Fsp3) is 0.350. The predicted molar refractivity (Wildman–Crippen MR) is 92.5 cm³/mol. The SMILES string of the molecule is Cc1cc(C(=O)/C=C2/c3ccccc3CC(C)(C)N2C)c(C)o1. The summed E-state index contributed by atoms with van der Waals surface area (Å²) in [5, 5.41) is 0. The zero-order valence-corrected chi connectivity index (χ0v) is 14.4. The maximum atomic E-state index is 12.8.